The second kappa shape index (κ2) is 11.3. The van der Waals surface area contributed by atoms with Crippen LogP contribution >= 0.6 is 0 Å². The Morgan fingerprint density at radius 1 is 1.21 bits per heavy atom. The number of carboxylic acids is 1. The van der Waals surface area contributed by atoms with Crippen molar-refractivity contribution in [1.29, 1.82) is 0 Å². The minimum atomic E-state index is -0.828. The number of ether oxygens (including phenoxy) is 1. The van der Waals surface area contributed by atoms with Gasteiger partial charge in [0.25, 0.3) is 5.91 Å². The van der Waals surface area contributed by atoms with Gasteiger partial charge in [0.15, 0.2) is 5.69 Å². The number of nitrogens with one attached hydrogen (secondary N) is 1. The summed E-state index contributed by atoms with van der Waals surface area (Å²) in [5, 5.41) is 12.8. The van der Waals surface area contributed by atoms with Gasteiger partial charge in [0.2, 0.25) is 5.89 Å². The first kappa shape index (κ1) is 25.5. The molecule has 1 aromatic rings. The fraction of sp³-hybridized carbons (Fsp3) is 0.731. The molecule has 1 amide bonds. The number of allylic oxidation sites excluding steroid dienone is 2. The Morgan fingerprint density at radius 3 is 2.64 bits per heavy atom. The van der Waals surface area contributed by atoms with Crippen molar-refractivity contribution in [1.82, 2.24) is 10.3 Å². The molecule has 5 atom stereocenters. The number of unbranched alkanes of at least 4 members (excludes halogenated alkanes) is 3. The maximum Gasteiger partial charge on any atom is 0.307 e. The molecule has 0 aliphatic carbocycles. The zero-order valence-corrected chi connectivity index (χ0v) is 20.5. The molecule has 0 saturated carbocycles. The lowest BCUT2D eigenvalue weighted by Gasteiger charge is -2.30. The molecule has 3 heterocycles. The SMILES string of the molecule is CC=CCC(C(=O)O)C1C2CCC(O2)C1c1nc(C(=O)NCCCCCCC(C)(C)C)co1. The van der Waals surface area contributed by atoms with E-state index in [1.54, 1.807) is 0 Å². The number of carbonyl (C=O) groups excluding carboxylic acids is 1. The molecule has 2 aliphatic rings. The molecule has 1 aromatic heterocycles. The van der Waals surface area contributed by atoms with Gasteiger partial charge < -0.3 is 19.6 Å². The van der Waals surface area contributed by atoms with Gasteiger partial charge in [-0.25, -0.2) is 4.98 Å². The molecule has 2 saturated heterocycles. The maximum atomic E-state index is 12.5. The summed E-state index contributed by atoms with van der Waals surface area (Å²) in [4.78, 5) is 29.0. The zero-order valence-electron chi connectivity index (χ0n) is 20.5. The van der Waals surface area contributed by atoms with Crippen molar-refractivity contribution in [3.05, 3.63) is 30.0 Å². The van der Waals surface area contributed by atoms with Crippen LogP contribution in [-0.4, -0.2) is 40.7 Å². The highest BCUT2D eigenvalue weighted by Gasteiger charge is 2.55. The summed E-state index contributed by atoms with van der Waals surface area (Å²) in [6.07, 6.45) is 12.7. The predicted octanol–water partition coefficient (Wildman–Crippen LogP) is 5.33. The predicted molar refractivity (Wildman–Crippen MR) is 126 cm³/mol. The van der Waals surface area contributed by atoms with Crippen LogP contribution in [0.25, 0.3) is 0 Å². The summed E-state index contributed by atoms with van der Waals surface area (Å²) in [7, 11) is 0. The van der Waals surface area contributed by atoms with Crippen molar-refractivity contribution in [2.45, 2.75) is 97.2 Å². The van der Waals surface area contributed by atoms with Crippen LogP contribution in [0, 0.1) is 17.3 Å². The summed E-state index contributed by atoms with van der Waals surface area (Å²) in [5.41, 5.74) is 0.624. The average Bonchev–Trinajstić information content (AvgIpc) is 3.48. The fourth-order valence-electron chi connectivity index (χ4n) is 5.23. The van der Waals surface area contributed by atoms with Gasteiger partial charge in [-0.15, -0.1) is 0 Å². The summed E-state index contributed by atoms with van der Waals surface area (Å²) >= 11 is 0. The van der Waals surface area contributed by atoms with Crippen LogP contribution < -0.4 is 5.32 Å². The van der Waals surface area contributed by atoms with Crippen LogP contribution in [0.2, 0.25) is 0 Å². The Balaban J connectivity index is 1.55. The number of carbonyl (C=O) groups is 2. The van der Waals surface area contributed by atoms with Crippen LogP contribution in [-0.2, 0) is 9.53 Å². The number of hydrogen-bond donors (Lipinski definition) is 2. The van der Waals surface area contributed by atoms with Crippen molar-refractivity contribution in [2.24, 2.45) is 17.3 Å². The smallest absolute Gasteiger partial charge is 0.307 e. The third-order valence-corrected chi connectivity index (χ3v) is 6.92. The Morgan fingerprint density at radius 2 is 1.94 bits per heavy atom. The van der Waals surface area contributed by atoms with Crippen LogP contribution in [0.5, 0.6) is 0 Å². The molecule has 184 valence electrons. The fourth-order valence-corrected chi connectivity index (χ4v) is 5.23. The molecule has 2 bridgehead atoms. The molecule has 2 aliphatic heterocycles. The van der Waals surface area contributed by atoms with Crippen LogP contribution in [0.1, 0.15) is 101 Å². The largest absolute Gasteiger partial charge is 0.481 e. The lowest BCUT2D eigenvalue weighted by Crippen LogP contribution is -2.36. The van der Waals surface area contributed by atoms with E-state index in [0.29, 0.717) is 24.3 Å². The van der Waals surface area contributed by atoms with E-state index in [4.69, 9.17) is 9.15 Å². The lowest BCUT2D eigenvalue weighted by atomic mass is 9.71. The third-order valence-electron chi connectivity index (χ3n) is 6.92. The van der Waals surface area contributed by atoms with Gasteiger partial charge in [-0.3, -0.25) is 9.59 Å². The van der Waals surface area contributed by atoms with Gasteiger partial charge in [0, 0.05) is 12.5 Å². The number of fused-ring (bicyclic) bond motifs is 2. The van der Waals surface area contributed by atoms with Crippen LogP contribution in [0.15, 0.2) is 22.8 Å². The summed E-state index contributed by atoms with van der Waals surface area (Å²) in [6, 6.07) is 0. The minimum Gasteiger partial charge on any atom is -0.481 e. The molecule has 7 heteroatoms. The Labute approximate surface area is 197 Å². The van der Waals surface area contributed by atoms with Gasteiger partial charge in [-0.2, -0.15) is 0 Å². The standard InChI is InChI=1S/C26H40N2O5/c1-5-6-11-17(25(30)31)21-19-12-13-20(33-19)22(21)24-28-18(16-32-24)23(29)27-15-10-8-7-9-14-26(2,3)4/h5-6,16-17,19-22H,7-15H2,1-4H3,(H,27,29)(H,30,31). The first-order chi connectivity index (χ1) is 15.7. The molecule has 7 nitrogen and oxygen atoms in total. The Kier molecular flexibility index (Phi) is 8.74. The van der Waals surface area contributed by atoms with Gasteiger partial charge in [0.05, 0.1) is 24.0 Å². The Bertz CT molecular complexity index is 825. The van der Waals surface area contributed by atoms with Crippen molar-refractivity contribution < 1.29 is 23.8 Å². The molecule has 33 heavy (non-hydrogen) atoms. The topological polar surface area (TPSA) is 102 Å². The van der Waals surface area contributed by atoms with Gasteiger partial charge in [-0.1, -0.05) is 52.2 Å². The minimum absolute atomic E-state index is 0.102. The van der Waals surface area contributed by atoms with E-state index in [9.17, 15) is 14.7 Å². The highest BCUT2D eigenvalue weighted by Crippen LogP contribution is 2.52. The van der Waals surface area contributed by atoms with Gasteiger partial charge in [-0.05, 0) is 44.4 Å². The number of oxazole rings is 1. The second-order valence-electron chi connectivity index (χ2n) is 10.7. The molecule has 0 radical (unpaired) electrons. The van der Waals surface area contributed by atoms with E-state index in [-0.39, 0.29) is 35.6 Å². The van der Waals surface area contributed by atoms with E-state index in [1.807, 2.05) is 19.1 Å². The van der Waals surface area contributed by atoms with E-state index in [1.165, 1.54) is 25.5 Å². The summed E-state index contributed by atoms with van der Waals surface area (Å²) < 4.78 is 11.8. The molecular weight excluding hydrogens is 420 g/mol. The lowest BCUT2D eigenvalue weighted by molar-refractivity contribution is -0.144. The maximum absolute atomic E-state index is 12.5. The van der Waals surface area contributed by atoms with Gasteiger partial charge in [0.1, 0.15) is 6.26 Å². The van der Waals surface area contributed by atoms with E-state index < -0.39 is 11.9 Å². The van der Waals surface area contributed by atoms with E-state index >= 15 is 0 Å². The van der Waals surface area contributed by atoms with Crippen molar-refractivity contribution in [3.8, 4) is 0 Å². The van der Waals surface area contributed by atoms with Crippen LogP contribution in [0.4, 0.5) is 0 Å². The zero-order chi connectivity index (χ0) is 24.0. The highest BCUT2D eigenvalue weighted by atomic mass is 16.5. The van der Waals surface area contributed by atoms with Crippen molar-refractivity contribution in [3.63, 3.8) is 0 Å². The molecule has 2 fully saturated rings. The van der Waals surface area contributed by atoms with Gasteiger partial charge >= 0.3 is 5.97 Å². The summed E-state index contributed by atoms with van der Waals surface area (Å²) in [5.74, 6) is -1.66. The van der Waals surface area contributed by atoms with Crippen molar-refractivity contribution in [2.75, 3.05) is 6.54 Å². The first-order valence-electron chi connectivity index (χ1n) is 12.4. The number of nitrogens with zero attached hydrogens (tertiary/aromatic N) is 1. The molecule has 0 spiro atoms. The average molecular weight is 461 g/mol. The monoisotopic (exact) mass is 460 g/mol. The number of hydrogen-bond acceptors (Lipinski definition) is 5. The number of rotatable bonds is 12. The number of carboxylic acid groups (broad SMARTS) is 1. The van der Waals surface area contributed by atoms with E-state index in [2.05, 4.69) is 31.1 Å². The second-order valence-corrected chi connectivity index (χ2v) is 10.7. The molecular formula is C26H40N2O5. The van der Waals surface area contributed by atoms with E-state index in [0.717, 1.165) is 25.7 Å². The normalized spacial score (nSPS) is 25.6. The Hall–Kier alpha value is -2.15. The number of amides is 1. The summed E-state index contributed by atoms with van der Waals surface area (Å²) in [6.45, 7) is 9.27. The molecule has 3 rings (SSSR count). The number of aromatic nitrogens is 1. The highest BCUT2D eigenvalue weighted by molar-refractivity contribution is 5.91. The third kappa shape index (κ3) is 6.69. The van der Waals surface area contributed by atoms with Crippen LogP contribution in [0.3, 0.4) is 0 Å². The molecule has 0 aromatic carbocycles. The first-order valence-corrected chi connectivity index (χ1v) is 12.4. The quantitative estimate of drug-likeness (QED) is 0.323. The van der Waals surface area contributed by atoms with Crippen molar-refractivity contribution >= 4 is 11.9 Å². The number of aliphatic carboxylic acids is 1. The molecule has 2 N–H and O–H groups in total. The molecule has 5 unspecified atom stereocenters.